The summed E-state index contributed by atoms with van der Waals surface area (Å²) in [6.07, 6.45) is 1.42. The molecule has 0 saturated heterocycles. The topological polar surface area (TPSA) is 128 Å². The first-order valence-corrected chi connectivity index (χ1v) is 12.8. The van der Waals surface area contributed by atoms with Crippen molar-refractivity contribution >= 4 is 17.9 Å². The monoisotopic (exact) mass is 507 g/mol. The van der Waals surface area contributed by atoms with E-state index in [-0.39, 0.29) is 29.8 Å². The highest BCUT2D eigenvalue weighted by atomic mass is 16.6. The third kappa shape index (κ3) is 9.00. The molecule has 4 unspecified atom stereocenters. The number of carbonyl (C=O) groups excluding carboxylic acids is 3. The number of amides is 3. The zero-order valence-electron chi connectivity index (χ0n) is 23.1. The molecule has 4 atom stereocenters. The lowest BCUT2D eigenvalue weighted by molar-refractivity contribution is -0.144. The van der Waals surface area contributed by atoms with Crippen LogP contribution in [0.25, 0.3) is 0 Å². The number of nitrogens with zero attached hydrogens (tertiary/aromatic N) is 1. The number of hydrogen-bond acceptors (Lipinski definition) is 6. The number of ether oxygens (including phenoxy) is 1. The number of hydrogen-bond donors (Lipinski definition) is 4. The number of benzene rings is 1. The highest BCUT2D eigenvalue weighted by Gasteiger charge is 2.39. The quantitative estimate of drug-likeness (QED) is 0.341. The summed E-state index contributed by atoms with van der Waals surface area (Å²) in [4.78, 5) is 41.3. The van der Waals surface area contributed by atoms with E-state index < -0.39 is 42.2 Å². The molecule has 0 fully saturated rings. The van der Waals surface area contributed by atoms with Gasteiger partial charge in [0.15, 0.2) is 0 Å². The molecule has 36 heavy (non-hydrogen) atoms. The minimum absolute atomic E-state index is 0.100. The van der Waals surface area contributed by atoms with Crippen LogP contribution in [0.15, 0.2) is 18.2 Å². The second-order valence-electron chi connectivity index (χ2n) is 10.4. The van der Waals surface area contributed by atoms with Gasteiger partial charge in [-0.05, 0) is 52.5 Å². The van der Waals surface area contributed by atoms with E-state index in [0.717, 1.165) is 12.8 Å². The summed E-state index contributed by atoms with van der Waals surface area (Å²) in [7, 11) is 0. The first-order valence-electron chi connectivity index (χ1n) is 12.8. The third-order valence-corrected chi connectivity index (χ3v) is 6.01. The summed E-state index contributed by atoms with van der Waals surface area (Å²) in [5.74, 6) is -1.41. The summed E-state index contributed by atoms with van der Waals surface area (Å²) in [6, 6.07) is 2.62. The van der Waals surface area contributed by atoms with E-state index in [2.05, 4.69) is 10.6 Å². The Labute approximate surface area is 215 Å². The Bertz CT molecular complexity index is 883. The van der Waals surface area contributed by atoms with Crippen LogP contribution in [0, 0.1) is 12.8 Å². The Kier molecular flexibility index (Phi) is 12.2. The molecule has 0 aliphatic rings. The Hall–Kier alpha value is -2.81. The number of aryl methyl sites for hydroxylation is 1. The highest BCUT2D eigenvalue weighted by molar-refractivity contribution is 5.92. The maximum Gasteiger partial charge on any atom is 0.408 e. The minimum atomic E-state index is -1.21. The Morgan fingerprint density at radius 3 is 2.28 bits per heavy atom. The number of phenolic OH excluding ortho intramolecular Hbond substituents is 1. The van der Waals surface area contributed by atoms with E-state index in [9.17, 15) is 24.6 Å². The van der Waals surface area contributed by atoms with Gasteiger partial charge < -0.3 is 30.5 Å². The van der Waals surface area contributed by atoms with Gasteiger partial charge >= 0.3 is 6.09 Å². The van der Waals surface area contributed by atoms with Crippen molar-refractivity contribution < 1.29 is 29.3 Å². The second kappa shape index (κ2) is 14.1. The summed E-state index contributed by atoms with van der Waals surface area (Å²) in [6.45, 7) is 13.9. The largest absolute Gasteiger partial charge is 0.507 e. The zero-order valence-corrected chi connectivity index (χ0v) is 23.1. The fourth-order valence-corrected chi connectivity index (χ4v) is 3.95. The zero-order chi connectivity index (χ0) is 27.6. The molecule has 0 aliphatic heterocycles. The molecule has 9 nitrogen and oxygen atoms in total. The molecule has 3 amide bonds. The third-order valence-electron chi connectivity index (χ3n) is 6.01. The summed E-state index contributed by atoms with van der Waals surface area (Å²) in [5.41, 5.74) is 0.0372. The van der Waals surface area contributed by atoms with E-state index in [4.69, 9.17) is 4.74 Å². The Morgan fingerprint density at radius 1 is 1.11 bits per heavy atom. The smallest absolute Gasteiger partial charge is 0.408 e. The molecular weight excluding hydrogens is 462 g/mol. The standard InChI is InChI=1S/C27H45N3O6/c1-9-12-19(5)28-24(33)22(20-14-11-13-18(4)23(20)32)30(15-16-31)25(34)21(17(3)10-2)29-26(35)36-27(6,7)8/h11,13-14,17,19,21-22,31-32H,9-10,12,15-16H2,1-8H3,(H,28,33)(H,29,35). The van der Waals surface area contributed by atoms with Gasteiger partial charge in [-0.2, -0.15) is 0 Å². The van der Waals surface area contributed by atoms with Crippen LogP contribution in [-0.4, -0.2) is 63.9 Å². The van der Waals surface area contributed by atoms with E-state index >= 15 is 0 Å². The molecular formula is C27H45N3O6. The number of alkyl carbamates (subject to hydrolysis) is 1. The molecule has 9 heteroatoms. The Balaban J connectivity index is 3.54. The van der Waals surface area contributed by atoms with Crippen molar-refractivity contribution in [2.75, 3.05) is 13.2 Å². The van der Waals surface area contributed by atoms with E-state index in [1.54, 1.807) is 45.9 Å². The van der Waals surface area contributed by atoms with Gasteiger partial charge in [0, 0.05) is 18.2 Å². The number of para-hydroxylation sites is 1. The average Bonchev–Trinajstić information content (AvgIpc) is 2.77. The van der Waals surface area contributed by atoms with Crippen molar-refractivity contribution in [2.24, 2.45) is 5.92 Å². The number of aromatic hydroxyl groups is 1. The molecule has 1 aromatic rings. The van der Waals surface area contributed by atoms with Crippen LogP contribution in [0.4, 0.5) is 4.79 Å². The number of nitrogens with one attached hydrogen (secondary N) is 2. The number of aliphatic hydroxyl groups is 1. The predicted molar refractivity (Wildman–Crippen MR) is 140 cm³/mol. The average molecular weight is 508 g/mol. The van der Waals surface area contributed by atoms with Crippen LogP contribution in [-0.2, 0) is 14.3 Å². The SMILES string of the molecule is CCCC(C)NC(=O)C(c1cccc(C)c1O)N(CCO)C(=O)C(NC(=O)OC(C)(C)C)C(C)CC. The van der Waals surface area contributed by atoms with Gasteiger partial charge in [-0.25, -0.2) is 4.79 Å². The molecule has 204 valence electrons. The molecule has 0 radical (unpaired) electrons. The lowest BCUT2D eigenvalue weighted by Crippen LogP contribution is -2.56. The van der Waals surface area contributed by atoms with Gasteiger partial charge in [-0.1, -0.05) is 51.8 Å². The van der Waals surface area contributed by atoms with Crippen LogP contribution < -0.4 is 10.6 Å². The van der Waals surface area contributed by atoms with E-state index in [1.807, 2.05) is 27.7 Å². The van der Waals surface area contributed by atoms with Gasteiger partial charge in [0.25, 0.3) is 0 Å². The van der Waals surface area contributed by atoms with Crippen molar-refractivity contribution in [3.05, 3.63) is 29.3 Å². The van der Waals surface area contributed by atoms with Crippen molar-refractivity contribution in [3.63, 3.8) is 0 Å². The molecule has 1 aromatic carbocycles. The fourth-order valence-electron chi connectivity index (χ4n) is 3.95. The van der Waals surface area contributed by atoms with Crippen LogP contribution in [0.1, 0.15) is 84.9 Å². The molecule has 0 saturated carbocycles. The summed E-state index contributed by atoms with van der Waals surface area (Å²) >= 11 is 0. The number of rotatable bonds is 12. The van der Waals surface area contributed by atoms with E-state index in [0.29, 0.717) is 12.0 Å². The van der Waals surface area contributed by atoms with Gasteiger partial charge in [-0.3, -0.25) is 9.59 Å². The van der Waals surface area contributed by atoms with Crippen molar-refractivity contribution in [1.82, 2.24) is 15.5 Å². The van der Waals surface area contributed by atoms with Gasteiger partial charge in [0.05, 0.1) is 6.61 Å². The molecule has 0 aromatic heterocycles. The molecule has 0 bridgehead atoms. The van der Waals surface area contributed by atoms with Gasteiger partial charge in [0.2, 0.25) is 11.8 Å². The van der Waals surface area contributed by atoms with E-state index in [1.165, 1.54) is 4.90 Å². The fraction of sp³-hybridized carbons (Fsp3) is 0.667. The molecule has 0 aliphatic carbocycles. The Morgan fingerprint density at radius 2 is 1.75 bits per heavy atom. The normalized spacial score (nSPS) is 14.8. The number of aliphatic hydroxyl groups excluding tert-OH is 1. The number of carbonyl (C=O) groups is 3. The molecule has 4 N–H and O–H groups in total. The van der Waals surface area contributed by atoms with Crippen LogP contribution in [0.5, 0.6) is 5.75 Å². The first kappa shape index (κ1) is 31.2. The second-order valence-corrected chi connectivity index (χ2v) is 10.4. The van der Waals surface area contributed by atoms with Crippen molar-refractivity contribution in [3.8, 4) is 5.75 Å². The summed E-state index contributed by atoms with van der Waals surface area (Å²) in [5, 5.41) is 26.3. The van der Waals surface area contributed by atoms with Crippen LogP contribution >= 0.6 is 0 Å². The molecule has 1 rings (SSSR count). The van der Waals surface area contributed by atoms with Crippen LogP contribution in [0.3, 0.4) is 0 Å². The maximum absolute atomic E-state index is 13.9. The van der Waals surface area contributed by atoms with Crippen LogP contribution in [0.2, 0.25) is 0 Å². The summed E-state index contributed by atoms with van der Waals surface area (Å²) < 4.78 is 5.37. The molecule has 0 spiro atoms. The lowest BCUT2D eigenvalue weighted by atomic mass is 9.94. The molecule has 0 heterocycles. The van der Waals surface area contributed by atoms with Crippen molar-refractivity contribution in [2.45, 2.75) is 98.4 Å². The first-order chi connectivity index (χ1) is 16.8. The highest BCUT2D eigenvalue weighted by Crippen LogP contribution is 2.33. The van der Waals surface area contributed by atoms with Gasteiger partial charge in [0.1, 0.15) is 23.4 Å². The lowest BCUT2D eigenvalue weighted by Gasteiger charge is -2.36. The number of phenols is 1. The maximum atomic E-state index is 13.9. The van der Waals surface area contributed by atoms with Gasteiger partial charge in [-0.15, -0.1) is 0 Å². The minimum Gasteiger partial charge on any atom is -0.507 e. The van der Waals surface area contributed by atoms with Crippen molar-refractivity contribution in [1.29, 1.82) is 0 Å². The predicted octanol–water partition coefficient (Wildman–Crippen LogP) is 3.81.